The topological polar surface area (TPSA) is 76.0 Å². The number of para-hydroxylation sites is 1. The van der Waals surface area contributed by atoms with Crippen LogP contribution in [0, 0.1) is 0 Å². The van der Waals surface area contributed by atoms with E-state index in [0.717, 1.165) is 11.3 Å². The second kappa shape index (κ2) is 8.31. The number of nitrogens with one attached hydrogen (secondary N) is 2. The van der Waals surface area contributed by atoms with Crippen molar-refractivity contribution in [3.05, 3.63) is 83.7 Å². The van der Waals surface area contributed by atoms with Gasteiger partial charge in [-0.3, -0.25) is 14.3 Å². The lowest BCUT2D eigenvalue weighted by Crippen LogP contribution is -2.41. The van der Waals surface area contributed by atoms with Crippen LogP contribution in [0.1, 0.15) is 28.5 Å². The van der Waals surface area contributed by atoms with Crippen molar-refractivity contribution in [1.82, 2.24) is 15.1 Å². The van der Waals surface area contributed by atoms with E-state index < -0.39 is 6.04 Å². The summed E-state index contributed by atoms with van der Waals surface area (Å²) in [6.45, 7) is 1.66. The second-order valence-electron chi connectivity index (χ2n) is 6.34. The van der Waals surface area contributed by atoms with Gasteiger partial charge in [0, 0.05) is 19.2 Å². The van der Waals surface area contributed by atoms with Crippen molar-refractivity contribution in [3.8, 4) is 0 Å². The van der Waals surface area contributed by atoms with Crippen molar-refractivity contribution >= 4 is 17.5 Å². The van der Waals surface area contributed by atoms with E-state index in [1.54, 1.807) is 30.8 Å². The van der Waals surface area contributed by atoms with Crippen molar-refractivity contribution in [3.63, 3.8) is 0 Å². The fourth-order valence-electron chi connectivity index (χ4n) is 2.76. The number of amides is 2. The summed E-state index contributed by atoms with van der Waals surface area (Å²) in [4.78, 5) is 25.0. The van der Waals surface area contributed by atoms with Crippen LogP contribution in [0.4, 0.5) is 5.69 Å². The lowest BCUT2D eigenvalue weighted by Gasteiger charge is -2.14. The molecule has 6 nitrogen and oxygen atoms in total. The maximum atomic E-state index is 12.7. The number of hydrogen-bond donors (Lipinski definition) is 2. The number of nitrogens with zero attached hydrogens (tertiary/aromatic N) is 2. The van der Waals surface area contributed by atoms with Crippen molar-refractivity contribution in [2.45, 2.75) is 19.4 Å². The van der Waals surface area contributed by atoms with E-state index in [-0.39, 0.29) is 11.8 Å². The van der Waals surface area contributed by atoms with Gasteiger partial charge in [0.15, 0.2) is 0 Å². The summed E-state index contributed by atoms with van der Waals surface area (Å²) >= 11 is 0. The summed E-state index contributed by atoms with van der Waals surface area (Å²) in [6, 6.07) is 18.3. The number of rotatable bonds is 6. The maximum absolute atomic E-state index is 12.7. The minimum atomic E-state index is -0.678. The Morgan fingerprint density at radius 2 is 1.67 bits per heavy atom. The molecule has 138 valence electrons. The van der Waals surface area contributed by atoms with E-state index in [9.17, 15) is 9.59 Å². The quantitative estimate of drug-likeness (QED) is 0.708. The number of anilines is 1. The molecule has 2 N–H and O–H groups in total. The van der Waals surface area contributed by atoms with Gasteiger partial charge in [0.25, 0.3) is 5.91 Å². The summed E-state index contributed by atoms with van der Waals surface area (Å²) in [5.41, 5.74) is 3.05. The van der Waals surface area contributed by atoms with Crippen LogP contribution in [0.3, 0.4) is 0 Å². The fraction of sp³-hybridized carbons (Fsp3) is 0.190. The molecule has 2 amide bonds. The monoisotopic (exact) mass is 362 g/mol. The summed E-state index contributed by atoms with van der Waals surface area (Å²) in [5, 5.41) is 9.74. The third kappa shape index (κ3) is 4.61. The predicted molar refractivity (Wildman–Crippen MR) is 104 cm³/mol. The first-order valence-electron chi connectivity index (χ1n) is 8.76. The third-order valence-corrected chi connectivity index (χ3v) is 4.30. The van der Waals surface area contributed by atoms with Crippen molar-refractivity contribution in [2.24, 2.45) is 7.05 Å². The highest BCUT2D eigenvalue weighted by atomic mass is 16.2. The van der Waals surface area contributed by atoms with Crippen molar-refractivity contribution < 1.29 is 9.59 Å². The zero-order chi connectivity index (χ0) is 19.2. The molecule has 0 aliphatic carbocycles. The highest BCUT2D eigenvalue weighted by Gasteiger charge is 2.21. The molecule has 1 aromatic heterocycles. The average Bonchev–Trinajstić information content (AvgIpc) is 3.04. The van der Waals surface area contributed by atoms with Gasteiger partial charge < -0.3 is 10.6 Å². The minimum absolute atomic E-state index is 0.275. The van der Waals surface area contributed by atoms with Gasteiger partial charge in [0.05, 0.1) is 17.5 Å². The number of carbonyl (C=O) groups excluding carboxylic acids is 2. The van der Waals surface area contributed by atoms with Gasteiger partial charge in [-0.25, -0.2) is 0 Å². The lowest BCUT2D eigenvalue weighted by molar-refractivity contribution is -0.117. The largest absolute Gasteiger partial charge is 0.340 e. The number of aryl methyl sites for hydroxylation is 1. The number of benzene rings is 2. The van der Waals surface area contributed by atoms with Gasteiger partial charge in [0.1, 0.15) is 6.04 Å². The van der Waals surface area contributed by atoms with Gasteiger partial charge in [0.2, 0.25) is 5.91 Å². The molecule has 27 heavy (non-hydrogen) atoms. The number of hydrogen-bond acceptors (Lipinski definition) is 3. The van der Waals surface area contributed by atoms with E-state index in [2.05, 4.69) is 15.7 Å². The van der Waals surface area contributed by atoms with Crippen LogP contribution >= 0.6 is 0 Å². The molecule has 0 saturated carbocycles. The Morgan fingerprint density at radius 3 is 2.33 bits per heavy atom. The smallest absolute Gasteiger partial charge is 0.255 e. The fourth-order valence-corrected chi connectivity index (χ4v) is 2.76. The Balaban J connectivity index is 1.68. The van der Waals surface area contributed by atoms with Crippen LogP contribution in [0.15, 0.2) is 66.9 Å². The summed E-state index contributed by atoms with van der Waals surface area (Å²) in [5.74, 6) is -0.590. The van der Waals surface area contributed by atoms with Crippen LogP contribution in [-0.2, 0) is 18.3 Å². The van der Waals surface area contributed by atoms with Crippen LogP contribution in [0.2, 0.25) is 0 Å². The Morgan fingerprint density at radius 1 is 1.04 bits per heavy atom. The maximum Gasteiger partial charge on any atom is 0.255 e. The summed E-state index contributed by atoms with van der Waals surface area (Å²) < 4.78 is 1.69. The van der Waals surface area contributed by atoms with Gasteiger partial charge in [-0.2, -0.15) is 5.10 Å². The molecule has 3 rings (SSSR count). The molecule has 2 aromatic carbocycles. The minimum Gasteiger partial charge on any atom is -0.340 e. The van der Waals surface area contributed by atoms with E-state index in [4.69, 9.17) is 0 Å². The van der Waals surface area contributed by atoms with E-state index in [0.29, 0.717) is 17.7 Å². The molecule has 0 spiro atoms. The molecule has 1 atom stereocenters. The highest BCUT2D eigenvalue weighted by molar-refractivity contribution is 6.01. The lowest BCUT2D eigenvalue weighted by atomic mass is 10.1. The molecule has 1 heterocycles. The zero-order valence-corrected chi connectivity index (χ0v) is 15.3. The van der Waals surface area contributed by atoms with E-state index >= 15 is 0 Å². The Hall–Kier alpha value is -3.41. The Labute approximate surface area is 158 Å². The zero-order valence-electron chi connectivity index (χ0n) is 15.3. The van der Waals surface area contributed by atoms with Gasteiger partial charge >= 0.3 is 0 Å². The predicted octanol–water partition coefficient (Wildman–Crippen LogP) is 2.77. The summed E-state index contributed by atoms with van der Waals surface area (Å²) in [6.07, 6.45) is 2.13. The van der Waals surface area contributed by atoms with Crippen molar-refractivity contribution in [2.75, 3.05) is 5.32 Å². The number of aromatic nitrogens is 2. The SMILES string of the molecule is CC(NC(=O)c1cnn(C)c1Cc1ccccc1)C(=O)Nc1ccccc1. The first kappa shape index (κ1) is 18.4. The van der Waals surface area contributed by atoms with Crippen LogP contribution in [0.5, 0.6) is 0 Å². The molecule has 0 aliphatic heterocycles. The molecule has 0 radical (unpaired) electrons. The number of carbonyl (C=O) groups is 2. The summed E-state index contributed by atoms with van der Waals surface area (Å²) in [7, 11) is 1.81. The molecule has 0 fully saturated rings. The molecule has 0 aliphatic rings. The average molecular weight is 362 g/mol. The molecule has 0 bridgehead atoms. The molecular formula is C21H22N4O2. The van der Waals surface area contributed by atoms with Gasteiger partial charge in [-0.05, 0) is 24.6 Å². The van der Waals surface area contributed by atoms with Crippen LogP contribution in [0.25, 0.3) is 0 Å². The second-order valence-corrected chi connectivity index (χ2v) is 6.34. The molecule has 0 saturated heterocycles. The first-order chi connectivity index (χ1) is 13.0. The van der Waals surface area contributed by atoms with Crippen molar-refractivity contribution in [1.29, 1.82) is 0 Å². The molecule has 6 heteroatoms. The third-order valence-electron chi connectivity index (χ3n) is 4.30. The molecule has 1 unspecified atom stereocenters. The van der Waals surface area contributed by atoms with E-state index in [1.165, 1.54) is 6.20 Å². The molecule has 3 aromatic rings. The van der Waals surface area contributed by atoms with Crippen LogP contribution < -0.4 is 10.6 Å². The standard InChI is InChI=1S/C21H22N4O2/c1-15(20(26)24-17-11-7-4-8-12-17)23-21(27)18-14-22-25(2)19(18)13-16-9-5-3-6-10-16/h3-12,14-15H,13H2,1-2H3,(H,23,27)(H,24,26). The normalized spacial score (nSPS) is 11.6. The Kier molecular flexibility index (Phi) is 5.66. The van der Waals surface area contributed by atoms with Gasteiger partial charge in [-0.1, -0.05) is 48.5 Å². The Bertz CT molecular complexity index is 920. The van der Waals surface area contributed by atoms with Crippen LogP contribution in [-0.4, -0.2) is 27.6 Å². The van der Waals surface area contributed by atoms with E-state index in [1.807, 2.05) is 48.5 Å². The highest BCUT2D eigenvalue weighted by Crippen LogP contribution is 2.14. The first-order valence-corrected chi connectivity index (χ1v) is 8.76. The molecular weight excluding hydrogens is 340 g/mol. The van der Waals surface area contributed by atoms with Gasteiger partial charge in [-0.15, -0.1) is 0 Å².